The maximum absolute atomic E-state index is 12.6. The van der Waals surface area contributed by atoms with Crippen LogP contribution in [0.2, 0.25) is 0 Å². The molecule has 0 unspecified atom stereocenters. The molecule has 0 radical (unpaired) electrons. The topological polar surface area (TPSA) is 35.6 Å². The number of benzene rings is 1. The number of hydrogen-bond acceptors (Lipinski definition) is 3. The number of alkyl halides is 3. The van der Waals surface area contributed by atoms with Gasteiger partial charge >= 0.3 is 6.18 Å². The average Bonchev–Trinajstić information content (AvgIpc) is 2.65. The molecule has 2 rings (SSSR count). The van der Waals surface area contributed by atoms with Gasteiger partial charge in [0.1, 0.15) is 0 Å². The Hall–Kier alpha value is -1.86. The zero-order valence-electron chi connectivity index (χ0n) is 16.0. The van der Waals surface area contributed by atoms with E-state index in [-0.39, 0.29) is 5.91 Å². The Morgan fingerprint density at radius 2 is 1.70 bits per heavy atom. The van der Waals surface area contributed by atoms with Crippen LogP contribution in [0.15, 0.2) is 30.3 Å². The van der Waals surface area contributed by atoms with E-state index in [9.17, 15) is 18.0 Å². The van der Waals surface area contributed by atoms with E-state index >= 15 is 0 Å². The van der Waals surface area contributed by atoms with Gasteiger partial charge < -0.3 is 15.1 Å². The summed E-state index contributed by atoms with van der Waals surface area (Å²) in [7, 11) is 0. The molecule has 1 aromatic rings. The van der Waals surface area contributed by atoms with E-state index in [1.54, 1.807) is 6.92 Å². The predicted octanol–water partition coefficient (Wildman–Crippen LogP) is 3.25. The third-order valence-electron chi connectivity index (χ3n) is 4.88. The Balaban J connectivity index is 1.72. The number of piperazine rings is 1. The Kier molecular flexibility index (Phi) is 7.86. The first-order valence-electron chi connectivity index (χ1n) is 9.38. The fourth-order valence-corrected chi connectivity index (χ4v) is 3.10. The molecule has 1 saturated heterocycles. The van der Waals surface area contributed by atoms with Gasteiger partial charge in [0.25, 0.3) is 0 Å². The maximum atomic E-state index is 12.6. The molecule has 150 valence electrons. The molecular formula is C20H28F3N3O. The fraction of sp³-hybridized carbons (Fsp3) is 0.550. The van der Waals surface area contributed by atoms with Crippen molar-refractivity contribution in [3.8, 4) is 0 Å². The lowest BCUT2D eigenvalue weighted by Gasteiger charge is -2.33. The van der Waals surface area contributed by atoms with Crippen molar-refractivity contribution in [2.24, 2.45) is 0 Å². The fourth-order valence-electron chi connectivity index (χ4n) is 3.10. The number of likely N-dealkylation sites (N-methyl/N-ethyl adjacent to an activating group) is 1. The molecule has 27 heavy (non-hydrogen) atoms. The summed E-state index contributed by atoms with van der Waals surface area (Å²) in [6, 6.07) is 4.83. The van der Waals surface area contributed by atoms with Gasteiger partial charge in [-0.15, -0.1) is 0 Å². The van der Waals surface area contributed by atoms with Gasteiger partial charge in [-0.05, 0) is 49.7 Å². The number of nitrogens with zero attached hydrogens (tertiary/aromatic N) is 2. The number of halogens is 3. The molecule has 4 nitrogen and oxygen atoms in total. The number of amides is 1. The number of carbonyl (C=O) groups is 1. The number of nitrogens with one attached hydrogen (secondary N) is 1. The number of carbonyl (C=O) groups excluding carboxylic acids is 1. The highest BCUT2D eigenvalue weighted by atomic mass is 19.4. The van der Waals surface area contributed by atoms with Crippen LogP contribution in [0.25, 0.3) is 5.57 Å². The molecule has 0 spiro atoms. The van der Waals surface area contributed by atoms with Crippen molar-refractivity contribution < 1.29 is 18.0 Å². The van der Waals surface area contributed by atoms with Crippen molar-refractivity contribution in [1.29, 1.82) is 0 Å². The molecule has 1 heterocycles. The van der Waals surface area contributed by atoms with Crippen LogP contribution in [0.1, 0.15) is 31.4 Å². The minimum Gasteiger partial charge on any atom is -0.352 e. The predicted molar refractivity (Wildman–Crippen MR) is 101 cm³/mol. The zero-order chi connectivity index (χ0) is 19.9. The molecular weight excluding hydrogens is 355 g/mol. The average molecular weight is 383 g/mol. The summed E-state index contributed by atoms with van der Waals surface area (Å²) < 4.78 is 37.8. The molecule has 1 aromatic carbocycles. The molecule has 0 aliphatic carbocycles. The second-order valence-electron chi connectivity index (χ2n) is 6.82. The smallest absolute Gasteiger partial charge is 0.352 e. The van der Waals surface area contributed by atoms with Gasteiger partial charge in [-0.2, -0.15) is 13.2 Å². The van der Waals surface area contributed by atoms with E-state index in [0.29, 0.717) is 17.7 Å². The van der Waals surface area contributed by atoms with Crippen LogP contribution < -0.4 is 5.32 Å². The summed E-state index contributed by atoms with van der Waals surface area (Å²) in [6.07, 6.45) is -2.04. The number of allylic oxidation sites excluding steroid dienone is 1. The third kappa shape index (κ3) is 6.99. The van der Waals surface area contributed by atoms with E-state index in [1.165, 1.54) is 18.2 Å². The summed E-state index contributed by atoms with van der Waals surface area (Å²) in [6.45, 7) is 10.8. The summed E-state index contributed by atoms with van der Waals surface area (Å²) in [5, 5.41) is 2.85. The third-order valence-corrected chi connectivity index (χ3v) is 4.88. The molecule has 0 bridgehead atoms. The van der Waals surface area contributed by atoms with Crippen LogP contribution in [0.3, 0.4) is 0 Å². The molecule has 1 N–H and O–H groups in total. The van der Waals surface area contributed by atoms with Gasteiger partial charge in [0.2, 0.25) is 5.91 Å². The Morgan fingerprint density at radius 3 is 2.26 bits per heavy atom. The van der Waals surface area contributed by atoms with Crippen molar-refractivity contribution in [2.45, 2.75) is 26.4 Å². The van der Waals surface area contributed by atoms with E-state index in [4.69, 9.17) is 0 Å². The molecule has 7 heteroatoms. The molecule has 0 aromatic heterocycles. The normalized spacial score (nSPS) is 17.1. The van der Waals surface area contributed by atoms with Gasteiger partial charge in [0.05, 0.1) is 5.56 Å². The number of rotatable bonds is 7. The lowest BCUT2D eigenvalue weighted by atomic mass is 10.0. The SMILES string of the molecule is CCN1CCN(CCCNC(=O)C=C(C)c2ccc(C(F)(F)F)cc2)CC1. The van der Waals surface area contributed by atoms with Crippen molar-refractivity contribution in [2.75, 3.05) is 45.8 Å². The molecule has 0 saturated carbocycles. The Morgan fingerprint density at radius 1 is 1.11 bits per heavy atom. The van der Waals surface area contributed by atoms with Crippen molar-refractivity contribution in [1.82, 2.24) is 15.1 Å². The molecule has 0 atom stereocenters. The van der Waals surface area contributed by atoms with E-state index in [0.717, 1.165) is 57.8 Å². The molecule has 1 amide bonds. The van der Waals surface area contributed by atoms with Gasteiger partial charge in [0.15, 0.2) is 0 Å². The Labute approximate surface area is 159 Å². The summed E-state index contributed by atoms with van der Waals surface area (Å²) in [4.78, 5) is 16.8. The second-order valence-corrected chi connectivity index (χ2v) is 6.82. The lowest BCUT2D eigenvalue weighted by Crippen LogP contribution is -2.46. The highest BCUT2D eigenvalue weighted by Gasteiger charge is 2.29. The Bertz CT molecular complexity index is 633. The van der Waals surface area contributed by atoms with Crippen molar-refractivity contribution in [3.05, 3.63) is 41.5 Å². The standard InChI is InChI=1S/C20H28F3N3O/c1-3-25-11-13-26(14-12-25)10-4-9-24-19(27)15-16(2)17-5-7-18(8-6-17)20(21,22)23/h5-8,15H,3-4,9-14H2,1-2H3,(H,24,27). The first-order chi connectivity index (χ1) is 12.8. The van der Waals surface area contributed by atoms with E-state index in [2.05, 4.69) is 22.0 Å². The lowest BCUT2D eigenvalue weighted by molar-refractivity contribution is -0.137. The van der Waals surface area contributed by atoms with Gasteiger partial charge in [-0.3, -0.25) is 4.79 Å². The second kappa shape index (κ2) is 9.90. The van der Waals surface area contributed by atoms with Gasteiger partial charge in [0, 0.05) is 38.8 Å². The monoisotopic (exact) mass is 383 g/mol. The summed E-state index contributed by atoms with van der Waals surface area (Å²) in [5.74, 6) is -0.219. The van der Waals surface area contributed by atoms with Crippen LogP contribution in [0.4, 0.5) is 13.2 Å². The minimum absolute atomic E-state index is 0.219. The van der Waals surface area contributed by atoms with Crippen molar-refractivity contribution in [3.63, 3.8) is 0 Å². The van der Waals surface area contributed by atoms with Crippen LogP contribution in [0.5, 0.6) is 0 Å². The van der Waals surface area contributed by atoms with Crippen LogP contribution in [-0.4, -0.2) is 61.5 Å². The highest BCUT2D eigenvalue weighted by Crippen LogP contribution is 2.29. The largest absolute Gasteiger partial charge is 0.416 e. The van der Waals surface area contributed by atoms with E-state index < -0.39 is 11.7 Å². The zero-order valence-corrected chi connectivity index (χ0v) is 16.0. The van der Waals surface area contributed by atoms with Crippen LogP contribution in [-0.2, 0) is 11.0 Å². The van der Waals surface area contributed by atoms with Gasteiger partial charge in [-0.25, -0.2) is 0 Å². The minimum atomic E-state index is -4.35. The molecule has 1 fully saturated rings. The summed E-state index contributed by atoms with van der Waals surface area (Å²) in [5.41, 5.74) is 0.548. The van der Waals surface area contributed by atoms with E-state index in [1.807, 2.05) is 0 Å². The number of hydrogen-bond donors (Lipinski definition) is 1. The summed E-state index contributed by atoms with van der Waals surface area (Å²) >= 11 is 0. The van der Waals surface area contributed by atoms with Crippen LogP contribution >= 0.6 is 0 Å². The quantitative estimate of drug-likeness (QED) is 0.580. The highest BCUT2D eigenvalue weighted by molar-refractivity contribution is 5.94. The van der Waals surface area contributed by atoms with Crippen molar-refractivity contribution >= 4 is 11.5 Å². The molecule has 1 aliphatic rings. The first-order valence-corrected chi connectivity index (χ1v) is 9.38. The maximum Gasteiger partial charge on any atom is 0.416 e. The molecule has 1 aliphatic heterocycles. The first kappa shape index (κ1) is 21.4. The van der Waals surface area contributed by atoms with Gasteiger partial charge in [-0.1, -0.05) is 19.1 Å². The van der Waals surface area contributed by atoms with Crippen LogP contribution in [0, 0.1) is 0 Å².